The third-order valence-electron chi connectivity index (χ3n) is 3.20. The molecule has 0 aliphatic heterocycles. The van der Waals surface area contributed by atoms with E-state index in [0.717, 1.165) is 17.7 Å². The molecule has 1 aliphatic rings. The molecule has 0 aromatic carbocycles. The van der Waals surface area contributed by atoms with E-state index in [4.69, 9.17) is 5.11 Å². The Balaban J connectivity index is 1.80. The van der Waals surface area contributed by atoms with Crippen LogP contribution in [0.2, 0.25) is 0 Å². The molecule has 2 atom stereocenters. The van der Waals surface area contributed by atoms with Gasteiger partial charge in [-0.25, -0.2) is 0 Å². The van der Waals surface area contributed by atoms with Gasteiger partial charge in [0.05, 0.1) is 11.7 Å². The standard InChI is InChI=1S/C13H16N2O3S/c16-12(8-19-9-4-6-14-7-5-9)15-11-3-1-2-10(11)13(17)18/h4-7,10-11H,1-3,8H2,(H,15,16)(H,17,18). The van der Waals surface area contributed by atoms with E-state index in [1.54, 1.807) is 12.4 Å². The van der Waals surface area contributed by atoms with Crippen LogP contribution in [0.1, 0.15) is 19.3 Å². The third kappa shape index (κ3) is 3.96. The molecular weight excluding hydrogens is 264 g/mol. The van der Waals surface area contributed by atoms with Gasteiger partial charge in [-0.2, -0.15) is 0 Å². The summed E-state index contributed by atoms with van der Waals surface area (Å²) in [7, 11) is 0. The van der Waals surface area contributed by atoms with Crippen molar-refractivity contribution >= 4 is 23.6 Å². The van der Waals surface area contributed by atoms with Crippen molar-refractivity contribution in [1.82, 2.24) is 10.3 Å². The molecule has 1 aromatic rings. The SMILES string of the molecule is O=C(CSc1ccncc1)NC1CCCC1C(=O)O. The van der Waals surface area contributed by atoms with E-state index in [1.807, 2.05) is 12.1 Å². The molecule has 0 bridgehead atoms. The highest BCUT2D eigenvalue weighted by Crippen LogP contribution is 2.26. The number of nitrogens with one attached hydrogen (secondary N) is 1. The Morgan fingerprint density at radius 1 is 1.37 bits per heavy atom. The summed E-state index contributed by atoms with van der Waals surface area (Å²) in [6.07, 6.45) is 5.62. The van der Waals surface area contributed by atoms with Gasteiger partial charge in [-0.05, 0) is 25.0 Å². The zero-order valence-electron chi connectivity index (χ0n) is 10.4. The number of hydrogen-bond donors (Lipinski definition) is 2. The molecule has 1 heterocycles. The van der Waals surface area contributed by atoms with Crippen LogP contribution in [-0.4, -0.2) is 33.8 Å². The Morgan fingerprint density at radius 3 is 2.79 bits per heavy atom. The van der Waals surface area contributed by atoms with Gasteiger partial charge in [-0.1, -0.05) is 6.42 Å². The molecule has 1 aromatic heterocycles. The molecule has 0 saturated heterocycles. The first kappa shape index (κ1) is 13.9. The molecule has 102 valence electrons. The molecule has 5 nitrogen and oxygen atoms in total. The highest BCUT2D eigenvalue weighted by atomic mass is 32.2. The van der Waals surface area contributed by atoms with E-state index in [0.29, 0.717) is 12.2 Å². The van der Waals surface area contributed by atoms with Gasteiger partial charge in [0, 0.05) is 23.3 Å². The largest absolute Gasteiger partial charge is 0.481 e. The molecule has 2 rings (SSSR count). The average molecular weight is 280 g/mol. The summed E-state index contributed by atoms with van der Waals surface area (Å²) >= 11 is 1.42. The van der Waals surface area contributed by atoms with E-state index in [9.17, 15) is 9.59 Å². The van der Waals surface area contributed by atoms with Gasteiger partial charge in [0.15, 0.2) is 0 Å². The van der Waals surface area contributed by atoms with Gasteiger partial charge in [0.2, 0.25) is 5.91 Å². The average Bonchev–Trinajstić information content (AvgIpc) is 2.86. The van der Waals surface area contributed by atoms with Crippen molar-refractivity contribution in [1.29, 1.82) is 0 Å². The first-order chi connectivity index (χ1) is 9.16. The van der Waals surface area contributed by atoms with E-state index >= 15 is 0 Å². The Labute approximate surface area is 115 Å². The maximum Gasteiger partial charge on any atom is 0.308 e. The van der Waals surface area contributed by atoms with Gasteiger partial charge < -0.3 is 10.4 Å². The lowest BCUT2D eigenvalue weighted by Gasteiger charge is -2.17. The van der Waals surface area contributed by atoms with Crippen LogP contribution < -0.4 is 5.32 Å². The number of carboxylic acids is 1. The second-order valence-corrected chi connectivity index (χ2v) is 5.57. The fraction of sp³-hybridized carbons (Fsp3) is 0.462. The molecule has 2 unspecified atom stereocenters. The summed E-state index contributed by atoms with van der Waals surface area (Å²) in [5, 5.41) is 11.9. The number of rotatable bonds is 5. The molecular formula is C13H16N2O3S. The normalized spacial score (nSPS) is 22.1. The summed E-state index contributed by atoms with van der Waals surface area (Å²) in [4.78, 5) is 27.7. The fourth-order valence-corrected chi connectivity index (χ4v) is 2.96. The molecule has 2 N–H and O–H groups in total. The molecule has 1 saturated carbocycles. The number of aromatic nitrogens is 1. The minimum atomic E-state index is -0.815. The summed E-state index contributed by atoms with van der Waals surface area (Å²) in [6, 6.07) is 3.46. The topological polar surface area (TPSA) is 79.3 Å². The first-order valence-corrected chi connectivity index (χ1v) is 7.20. The van der Waals surface area contributed by atoms with E-state index in [1.165, 1.54) is 11.8 Å². The van der Waals surface area contributed by atoms with Gasteiger partial charge in [0.1, 0.15) is 0 Å². The smallest absolute Gasteiger partial charge is 0.308 e. The molecule has 19 heavy (non-hydrogen) atoms. The molecule has 0 spiro atoms. The van der Waals surface area contributed by atoms with Crippen molar-refractivity contribution in [3.05, 3.63) is 24.5 Å². The highest BCUT2D eigenvalue weighted by molar-refractivity contribution is 8.00. The second-order valence-electron chi connectivity index (χ2n) is 4.52. The number of aliphatic carboxylic acids is 1. The Morgan fingerprint density at radius 2 is 2.11 bits per heavy atom. The second kappa shape index (κ2) is 6.56. The Kier molecular flexibility index (Phi) is 4.79. The molecule has 1 amide bonds. The van der Waals surface area contributed by atoms with Crippen LogP contribution in [0, 0.1) is 5.92 Å². The zero-order chi connectivity index (χ0) is 13.7. The maximum absolute atomic E-state index is 11.8. The van der Waals surface area contributed by atoms with Gasteiger partial charge >= 0.3 is 5.97 Å². The Hall–Kier alpha value is -1.56. The Bertz CT molecular complexity index is 452. The van der Waals surface area contributed by atoms with Crippen molar-refractivity contribution in [2.24, 2.45) is 5.92 Å². The fourth-order valence-electron chi connectivity index (χ4n) is 2.26. The summed E-state index contributed by atoms with van der Waals surface area (Å²) in [5.41, 5.74) is 0. The lowest BCUT2D eigenvalue weighted by molar-refractivity contribution is -0.142. The van der Waals surface area contributed by atoms with Crippen molar-refractivity contribution in [2.75, 3.05) is 5.75 Å². The lowest BCUT2D eigenvalue weighted by Crippen LogP contribution is -2.40. The number of carbonyl (C=O) groups excluding carboxylic acids is 1. The summed E-state index contributed by atoms with van der Waals surface area (Å²) in [6.45, 7) is 0. The van der Waals surface area contributed by atoms with Crippen LogP contribution in [0.3, 0.4) is 0 Å². The predicted octanol–water partition coefficient (Wildman–Crippen LogP) is 1.54. The van der Waals surface area contributed by atoms with Crippen molar-refractivity contribution in [3.8, 4) is 0 Å². The van der Waals surface area contributed by atoms with Crippen molar-refractivity contribution < 1.29 is 14.7 Å². The number of nitrogens with zero attached hydrogens (tertiary/aromatic N) is 1. The van der Waals surface area contributed by atoms with Crippen LogP contribution in [-0.2, 0) is 9.59 Å². The van der Waals surface area contributed by atoms with Gasteiger partial charge in [-0.15, -0.1) is 11.8 Å². The maximum atomic E-state index is 11.8. The monoisotopic (exact) mass is 280 g/mol. The first-order valence-electron chi connectivity index (χ1n) is 6.22. The highest BCUT2D eigenvalue weighted by Gasteiger charge is 2.33. The quantitative estimate of drug-likeness (QED) is 0.800. The minimum absolute atomic E-state index is 0.111. The zero-order valence-corrected chi connectivity index (χ0v) is 11.2. The lowest BCUT2D eigenvalue weighted by atomic mass is 10.0. The predicted molar refractivity (Wildman–Crippen MR) is 71.9 cm³/mol. The number of carbonyl (C=O) groups is 2. The van der Waals surface area contributed by atoms with E-state index < -0.39 is 11.9 Å². The minimum Gasteiger partial charge on any atom is -0.481 e. The van der Waals surface area contributed by atoms with Crippen LogP contribution in [0.5, 0.6) is 0 Å². The number of pyridine rings is 1. The molecule has 1 fully saturated rings. The third-order valence-corrected chi connectivity index (χ3v) is 4.21. The van der Waals surface area contributed by atoms with Crippen LogP contribution >= 0.6 is 11.8 Å². The van der Waals surface area contributed by atoms with Crippen LogP contribution in [0.4, 0.5) is 0 Å². The van der Waals surface area contributed by atoms with Crippen LogP contribution in [0.25, 0.3) is 0 Å². The summed E-state index contributed by atoms with van der Waals surface area (Å²) < 4.78 is 0. The number of thioether (sulfide) groups is 1. The van der Waals surface area contributed by atoms with E-state index in [2.05, 4.69) is 10.3 Å². The van der Waals surface area contributed by atoms with Gasteiger partial charge in [-0.3, -0.25) is 14.6 Å². The van der Waals surface area contributed by atoms with Gasteiger partial charge in [0.25, 0.3) is 0 Å². The number of amides is 1. The molecule has 1 aliphatic carbocycles. The number of hydrogen-bond acceptors (Lipinski definition) is 4. The summed E-state index contributed by atoms with van der Waals surface area (Å²) in [5.74, 6) is -1.06. The molecule has 6 heteroatoms. The number of carboxylic acid groups (broad SMARTS) is 1. The van der Waals surface area contributed by atoms with E-state index in [-0.39, 0.29) is 11.9 Å². The van der Waals surface area contributed by atoms with Crippen molar-refractivity contribution in [3.63, 3.8) is 0 Å². The van der Waals surface area contributed by atoms with Crippen LogP contribution in [0.15, 0.2) is 29.4 Å². The molecule has 0 radical (unpaired) electrons. The van der Waals surface area contributed by atoms with Crippen molar-refractivity contribution in [2.45, 2.75) is 30.2 Å².